The number of nitrogens with zero attached hydrogens (tertiary/aromatic N) is 2. The normalized spacial score (nSPS) is 13.1. The van der Waals surface area contributed by atoms with Crippen molar-refractivity contribution in [3.63, 3.8) is 0 Å². The second kappa shape index (κ2) is 8.71. The van der Waals surface area contributed by atoms with Gasteiger partial charge in [0.2, 0.25) is 6.79 Å². The van der Waals surface area contributed by atoms with Crippen molar-refractivity contribution in [2.24, 2.45) is 4.99 Å². The maximum Gasteiger partial charge on any atom is 0.326 e. The van der Waals surface area contributed by atoms with Crippen LogP contribution in [0.4, 0.5) is 0 Å². The lowest BCUT2D eigenvalue weighted by Gasteiger charge is -2.05. The van der Waals surface area contributed by atoms with Gasteiger partial charge in [-0.25, -0.2) is 0 Å². The predicted octanol–water partition coefficient (Wildman–Crippen LogP) is 3.23. The molecular formula is C22H22N2O5S. The largest absolute Gasteiger partial charge is 0.465 e. The van der Waals surface area contributed by atoms with E-state index in [-0.39, 0.29) is 31.6 Å². The fraction of sp³-hybridized carbons (Fsp3) is 0.318. The Labute approximate surface area is 177 Å². The number of esters is 1. The van der Waals surface area contributed by atoms with Gasteiger partial charge in [0.1, 0.15) is 6.54 Å². The minimum absolute atomic E-state index is 0.00937. The molecule has 0 fully saturated rings. The van der Waals surface area contributed by atoms with Crippen LogP contribution in [0.25, 0.3) is 10.2 Å². The minimum atomic E-state index is -0.360. The Hall–Kier alpha value is -3.13. The number of carbonyl (C=O) groups excluding carboxylic acids is 2. The predicted molar refractivity (Wildman–Crippen MR) is 113 cm³/mol. The first kappa shape index (κ1) is 20.2. The number of benzene rings is 2. The molecule has 0 saturated carbocycles. The number of amides is 1. The highest BCUT2D eigenvalue weighted by Crippen LogP contribution is 2.32. The summed E-state index contributed by atoms with van der Waals surface area (Å²) in [6.07, 6.45) is 1.03. The molecule has 1 aromatic heterocycles. The third-order valence-corrected chi connectivity index (χ3v) is 5.80. The highest BCUT2D eigenvalue weighted by molar-refractivity contribution is 7.16. The molecule has 156 valence electrons. The maximum absolute atomic E-state index is 12.7. The highest BCUT2D eigenvalue weighted by Gasteiger charge is 2.16. The maximum atomic E-state index is 12.7. The third-order valence-electron chi connectivity index (χ3n) is 4.76. The van der Waals surface area contributed by atoms with Gasteiger partial charge >= 0.3 is 5.97 Å². The first-order chi connectivity index (χ1) is 14.6. The van der Waals surface area contributed by atoms with E-state index in [0.717, 1.165) is 22.2 Å². The van der Waals surface area contributed by atoms with E-state index in [1.165, 1.54) is 16.9 Å². The molecule has 3 aromatic rings. The number of aryl methyl sites for hydroxylation is 1. The van der Waals surface area contributed by atoms with Crippen LogP contribution >= 0.6 is 11.3 Å². The van der Waals surface area contributed by atoms with Crippen molar-refractivity contribution < 1.29 is 23.8 Å². The molecule has 0 bridgehead atoms. The lowest BCUT2D eigenvalue weighted by Crippen LogP contribution is -2.23. The molecule has 0 radical (unpaired) electrons. The van der Waals surface area contributed by atoms with Gasteiger partial charge in [-0.3, -0.25) is 9.59 Å². The summed E-state index contributed by atoms with van der Waals surface area (Å²) in [5.41, 5.74) is 2.84. The van der Waals surface area contributed by atoms with Crippen LogP contribution in [0.3, 0.4) is 0 Å². The summed E-state index contributed by atoms with van der Waals surface area (Å²) in [5.74, 6) is 0.647. The van der Waals surface area contributed by atoms with E-state index in [4.69, 9.17) is 14.2 Å². The molecule has 1 aliphatic rings. The number of hydrogen-bond acceptors (Lipinski definition) is 6. The molecule has 0 atom stereocenters. The Balaban J connectivity index is 1.67. The molecular weight excluding hydrogens is 404 g/mol. The summed E-state index contributed by atoms with van der Waals surface area (Å²) >= 11 is 1.40. The summed E-state index contributed by atoms with van der Waals surface area (Å²) in [5, 5.41) is 0. The molecule has 8 heteroatoms. The first-order valence-corrected chi connectivity index (χ1v) is 10.6. The molecule has 2 heterocycles. The number of hydrogen-bond donors (Lipinski definition) is 0. The van der Waals surface area contributed by atoms with Crippen molar-refractivity contribution >= 4 is 33.4 Å². The second-order valence-electron chi connectivity index (χ2n) is 6.80. The lowest BCUT2D eigenvalue weighted by molar-refractivity contribution is -0.143. The monoisotopic (exact) mass is 426 g/mol. The van der Waals surface area contributed by atoms with E-state index in [0.29, 0.717) is 22.9 Å². The van der Waals surface area contributed by atoms with Gasteiger partial charge < -0.3 is 18.8 Å². The average Bonchev–Trinajstić information content (AvgIpc) is 3.32. The third kappa shape index (κ3) is 4.23. The molecule has 0 unspecified atom stereocenters. The van der Waals surface area contributed by atoms with Crippen LogP contribution in [0.1, 0.15) is 25.0 Å². The number of fused-ring (bicyclic) bond motifs is 2. The SMILES string of the molecule is CCOC(=O)Cn1c(=NC(=O)Cc2ccc3c(c2)OCO3)sc2cc(CC)ccc21. The van der Waals surface area contributed by atoms with Crippen LogP contribution in [0.2, 0.25) is 0 Å². The van der Waals surface area contributed by atoms with Gasteiger partial charge in [-0.2, -0.15) is 4.99 Å². The quantitative estimate of drug-likeness (QED) is 0.566. The van der Waals surface area contributed by atoms with Crippen molar-refractivity contribution in [3.8, 4) is 11.5 Å². The molecule has 1 amide bonds. The Morgan fingerprint density at radius 2 is 1.90 bits per heavy atom. The van der Waals surface area contributed by atoms with E-state index < -0.39 is 0 Å². The van der Waals surface area contributed by atoms with Crippen molar-refractivity contribution in [2.75, 3.05) is 13.4 Å². The van der Waals surface area contributed by atoms with Gasteiger partial charge in [-0.15, -0.1) is 0 Å². The van der Waals surface area contributed by atoms with Crippen LogP contribution in [0, 0.1) is 0 Å². The summed E-state index contributed by atoms with van der Waals surface area (Å²) in [6.45, 7) is 4.35. The summed E-state index contributed by atoms with van der Waals surface area (Å²) in [6, 6.07) is 11.5. The molecule has 7 nitrogen and oxygen atoms in total. The minimum Gasteiger partial charge on any atom is -0.465 e. The van der Waals surface area contributed by atoms with Crippen molar-refractivity contribution in [1.82, 2.24) is 4.57 Å². The van der Waals surface area contributed by atoms with Crippen molar-refractivity contribution in [2.45, 2.75) is 33.2 Å². The number of aromatic nitrogens is 1. The molecule has 0 spiro atoms. The standard InChI is InChI=1S/C22H22N2O5S/c1-3-14-5-7-16-19(10-14)30-22(24(16)12-21(26)27-4-2)23-20(25)11-15-6-8-17-18(9-15)29-13-28-17/h5-10H,3-4,11-13H2,1-2H3. The Kier molecular flexibility index (Phi) is 5.85. The zero-order chi connectivity index (χ0) is 21.1. The van der Waals surface area contributed by atoms with Gasteiger partial charge in [0.05, 0.1) is 23.2 Å². The second-order valence-corrected chi connectivity index (χ2v) is 7.81. The molecule has 0 saturated heterocycles. The highest BCUT2D eigenvalue weighted by atomic mass is 32.1. The fourth-order valence-electron chi connectivity index (χ4n) is 3.28. The van der Waals surface area contributed by atoms with Crippen molar-refractivity contribution in [3.05, 3.63) is 52.3 Å². The van der Waals surface area contributed by atoms with Crippen LogP contribution < -0.4 is 14.3 Å². The lowest BCUT2D eigenvalue weighted by atomic mass is 10.1. The van der Waals surface area contributed by atoms with Gasteiger partial charge in [0.25, 0.3) is 5.91 Å². The van der Waals surface area contributed by atoms with Gasteiger partial charge in [0, 0.05) is 0 Å². The van der Waals surface area contributed by atoms with Crippen LogP contribution in [-0.4, -0.2) is 29.8 Å². The van der Waals surface area contributed by atoms with Crippen LogP contribution in [-0.2, 0) is 33.7 Å². The van der Waals surface area contributed by atoms with E-state index in [1.807, 2.05) is 18.2 Å². The Bertz CT molecular complexity index is 1180. The molecule has 1 aliphatic heterocycles. The molecule has 0 aliphatic carbocycles. The van der Waals surface area contributed by atoms with E-state index in [9.17, 15) is 9.59 Å². The van der Waals surface area contributed by atoms with E-state index in [1.54, 1.807) is 23.6 Å². The molecule has 2 aromatic carbocycles. The number of carbonyl (C=O) groups is 2. The topological polar surface area (TPSA) is 79.1 Å². The number of ether oxygens (including phenoxy) is 3. The molecule has 4 rings (SSSR count). The van der Waals surface area contributed by atoms with Gasteiger partial charge in [0.15, 0.2) is 16.3 Å². The van der Waals surface area contributed by atoms with Gasteiger partial charge in [-0.1, -0.05) is 30.4 Å². The molecule has 30 heavy (non-hydrogen) atoms. The van der Waals surface area contributed by atoms with E-state index >= 15 is 0 Å². The Morgan fingerprint density at radius 1 is 1.10 bits per heavy atom. The fourth-order valence-corrected chi connectivity index (χ4v) is 4.39. The number of thiazole rings is 1. The zero-order valence-corrected chi connectivity index (χ0v) is 17.7. The van der Waals surface area contributed by atoms with Gasteiger partial charge in [-0.05, 0) is 48.7 Å². The average molecular weight is 426 g/mol. The van der Waals surface area contributed by atoms with Crippen LogP contribution in [0.5, 0.6) is 11.5 Å². The summed E-state index contributed by atoms with van der Waals surface area (Å²) in [7, 11) is 0. The Morgan fingerprint density at radius 3 is 2.70 bits per heavy atom. The number of rotatable bonds is 6. The summed E-state index contributed by atoms with van der Waals surface area (Å²) < 4.78 is 18.5. The van der Waals surface area contributed by atoms with Crippen LogP contribution in [0.15, 0.2) is 41.4 Å². The summed E-state index contributed by atoms with van der Waals surface area (Å²) in [4.78, 5) is 29.6. The smallest absolute Gasteiger partial charge is 0.326 e. The first-order valence-electron chi connectivity index (χ1n) is 9.81. The van der Waals surface area contributed by atoms with Crippen molar-refractivity contribution in [1.29, 1.82) is 0 Å². The van der Waals surface area contributed by atoms with E-state index in [2.05, 4.69) is 18.0 Å². The zero-order valence-electron chi connectivity index (χ0n) is 16.8. The molecule has 0 N–H and O–H groups in total.